The van der Waals surface area contributed by atoms with Gasteiger partial charge in [0.05, 0.1) is 0 Å². The molecule has 0 saturated heterocycles. The van der Waals surface area contributed by atoms with Crippen molar-refractivity contribution >= 4 is 45.7 Å². The van der Waals surface area contributed by atoms with Crippen molar-refractivity contribution in [3.05, 3.63) is 20.9 Å². The smallest absolute Gasteiger partial charge is 0.156 e. The van der Waals surface area contributed by atoms with Crippen LogP contribution in [0.15, 0.2) is 20.9 Å². The Morgan fingerprint density at radius 3 is 2.73 bits per heavy atom. The molecule has 0 saturated carbocycles. The van der Waals surface area contributed by atoms with Gasteiger partial charge in [0.25, 0.3) is 0 Å². The molecule has 0 aromatic carbocycles. The minimum Gasteiger partial charge on any atom is -0.297 e. The molecule has 2 heterocycles. The Kier molecular flexibility index (Phi) is 2.16. The van der Waals surface area contributed by atoms with E-state index in [0.29, 0.717) is 10.5 Å². The molecule has 0 fully saturated rings. The van der Waals surface area contributed by atoms with E-state index in [9.17, 15) is 4.79 Å². The molecule has 2 aliphatic rings. The highest BCUT2D eigenvalue weighted by molar-refractivity contribution is 9.14. The van der Waals surface area contributed by atoms with E-state index in [2.05, 4.69) is 22.0 Å². The van der Waals surface area contributed by atoms with Gasteiger partial charge in [-0.15, -0.1) is 23.5 Å². The summed E-state index contributed by atoms with van der Waals surface area (Å²) in [6.45, 7) is 0. The molecule has 11 heavy (non-hydrogen) atoms. The molecule has 0 aliphatic carbocycles. The van der Waals surface area contributed by atoms with Gasteiger partial charge in [0.15, 0.2) is 6.29 Å². The molecule has 0 N–H and O–H groups in total. The number of hydrogen-bond donors (Lipinski definition) is 0. The van der Waals surface area contributed by atoms with Crippen molar-refractivity contribution in [3.63, 3.8) is 0 Å². The Morgan fingerprint density at radius 1 is 1.36 bits per heavy atom. The third-order valence-corrected chi connectivity index (χ3v) is 4.85. The number of aldehydes is 1. The summed E-state index contributed by atoms with van der Waals surface area (Å²) in [6.07, 6.45) is 5.13. The first kappa shape index (κ1) is 7.95. The van der Waals surface area contributed by atoms with E-state index in [-0.39, 0.29) is 0 Å². The van der Waals surface area contributed by atoms with Crippen LogP contribution in [0.25, 0.3) is 0 Å². The number of carbonyl (C=O) groups is 1. The van der Waals surface area contributed by atoms with Crippen LogP contribution in [-0.2, 0) is 4.79 Å². The number of fused-ring (bicyclic) bond motifs is 1. The zero-order valence-electron chi connectivity index (χ0n) is 5.49. The Balaban J connectivity index is 2.15. The quantitative estimate of drug-likeness (QED) is 0.665. The zero-order chi connectivity index (χ0) is 7.84. The molecule has 4 heteroatoms. The third-order valence-electron chi connectivity index (χ3n) is 1.58. The Bertz CT molecular complexity index is 259. The van der Waals surface area contributed by atoms with Gasteiger partial charge in [-0.1, -0.05) is 6.08 Å². The Morgan fingerprint density at radius 2 is 2.09 bits per heavy atom. The van der Waals surface area contributed by atoms with E-state index in [4.69, 9.17) is 0 Å². The van der Waals surface area contributed by atoms with Crippen molar-refractivity contribution in [2.45, 2.75) is 10.5 Å². The van der Waals surface area contributed by atoms with Gasteiger partial charge >= 0.3 is 0 Å². The first-order valence-corrected chi connectivity index (χ1v) is 5.72. The van der Waals surface area contributed by atoms with E-state index in [1.54, 1.807) is 23.5 Å². The fraction of sp³-hybridized carbons (Fsp3) is 0.286. The zero-order valence-corrected chi connectivity index (χ0v) is 8.71. The maximum Gasteiger partial charge on any atom is 0.156 e. The molecular weight excluding hydrogens is 244 g/mol. The lowest BCUT2D eigenvalue weighted by molar-refractivity contribution is -0.104. The SMILES string of the molecule is O=CC1=CC2SC(Br)=CC2S1. The van der Waals surface area contributed by atoms with Gasteiger partial charge in [-0.3, -0.25) is 4.79 Å². The summed E-state index contributed by atoms with van der Waals surface area (Å²) in [7, 11) is 0. The summed E-state index contributed by atoms with van der Waals surface area (Å²) < 4.78 is 1.20. The molecule has 2 rings (SSSR count). The number of halogens is 1. The largest absolute Gasteiger partial charge is 0.297 e. The molecule has 0 bridgehead atoms. The lowest BCUT2D eigenvalue weighted by Crippen LogP contribution is -2.04. The van der Waals surface area contributed by atoms with E-state index in [1.165, 1.54) is 3.81 Å². The number of thioether (sulfide) groups is 2. The predicted octanol–water partition coefficient (Wildman–Crippen LogP) is 2.54. The van der Waals surface area contributed by atoms with Gasteiger partial charge in [-0.2, -0.15) is 0 Å². The van der Waals surface area contributed by atoms with E-state index in [0.717, 1.165) is 11.2 Å². The maximum atomic E-state index is 10.4. The molecule has 2 aliphatic heterocycles. The molecule has 0 amide bonds. The van der Waals surface area contributed by atoms with Gasteiger partial charge in [-0.25, -0.2) is 0 Å². The number of rotatable bonds is 1. The van der Waals surface area contributed by atoms with Gasteiger partial charge in [-0.05, 0) is 22.0 Å². The van der Waals surface area contributed by atoms with Crippen molar-refractivity contribution in [3.8, 4) is 0 Å². The van der Waals surface area contributed by atoms with Crippen molar-refractivity contribution < 1.29 is 4.79 Å². The van der Waals surface area contributed by atoms with Crippen LogP contribution >= 0.6 is 39.5 Å². The minimum atomic E-state index is 0.481. The summed E-state index contributed by atoms with van der Waals surface area (Å²) in [5.74, 6) is 0. The second-order valence-electron chi connectivity index (χ2n) is 2.32. The second-order valence-corrected chi connectivity index (χ2v) is 6.17. The second kappa shape index (κ2) is 2.99. The molecule has 1 nitrogen and oxygen atoms in total. The predicted molar refractivity (Wildman–Crippen MR) is 53.9 cm³/mol. The highest BCUT2D eigenvalue weighted by Crippen LogP contribution is 2.48. The highest BCUT2D eigenvalue weighted by Gasteiger charge is 2.32. The first-order valence-electron chi connectivity index (χ1n) is 3.17. The fourth-order valence-corrected chi connectivity index (χ4v) is 4.65. The van der Waals surface area contributed by atoms with Crippen LogP contribution in [0.2, 0.25) is 0 Å². The van der Waals surface area contributed by atoms with Crippen LogP contribution in [0.3, 0.4) is 0 Å². The van der Waals surface area contributed by atoms with Crippen LogP contribution in [0, 0.1) is 0 Å². The normalized spacial score (nSPS) is 34.6. The highest BCUT2D eigenvalue weighted by atomic mass is 79.9. The lowest BCUT2D eigenvalue weighted by atomic mass is 10.3. The molecule has 0 spiro atoms. The van der Waals surface area contributed by atoms with Crippen LogP contribution in [0.1, 0.15) is 0 Å². The van der Waals surface area contributed by atoms with Gasteiger partial charge in [0.2, 0.25) is 0 Å². The lowest BCUT2D eigenvalue weighted by Gasteiger charge is -2.02. The monoisotopic (exact) mass is 248 g/mol. The molecule has 58 valence electrons. The summed E-state index contributed by atoms with van der Waals surface area (Å²) in [4.78, 5) is 11.3. The summed E-state index contributed by atoms with van der Waals surface area (Å²) in [6, 6.07) is 0. The first-order chi connectivity index (χ1) is 5.29. The maximum absolute atomic E-state index is 10.4. The molecule has 0 radical (unpaired) electrons. The van der Waals surface area contributed by atoms with Gasteiger partial charge in [0.1, 0.15) is 0 Å². The standard InChI is InChI=1S/C7H5BrOS2/c8-7-2-6-5(11-7)1-4(3-9)10-6/h1-3,5-6H. The van der Waals surface area contributed by atoms with Crippen molar-refractivity contribution in [1.29, 1.82) is 0 Å². The number of carbonyl (C=O) groups excluding carboxylic acids is 1. The fourth-order valence-electron chi connectivity index (χ4n) is 1.12. The van der Waals surface area contributed by atoms with Gasteiger partial charge < -0.3 is 0 Å². The van der Waals surface area contributed by atoms with Crippen LogP contribution < -0.4 is 0 Å². The van der Waals surface area contributed by atoms with E-state index in [1.807, 2.05) is 6.08 Å². The molecule has 0 aromatic heterocycles. The van der Waals surface area contributed by atoms with Crippen LogP contribution in [0.5, 0.6) is 0 Å². The Labute approximate surface area is 81.8 Å². The van der Waals surface area contributed by atoms with Gasteiger partial charge in [0, 0.05) is 19.2 Å². The summed E-state index contributed by atoms with van der Waals surface area (Å²) in [5, 5.41) is 0.962. The van der Waals surface area contributed by atoms with E-state index < -0.39 is 0 Å². The van der Waals surface area contributed by atoms with Crippen molar-refractivity contribution in [2.75, 3.05) is 0 Å². The van der Waals surface area contributed by atoms with Crippen molar-refractivity contribution in [1.82, 2.24) is 0 Å². The molecule has 2 unspecified atom stereocenters. The number of allylic oxidation sites excluding steroid dienone is 1. The Hall–Kier alpha value is 0.330. The van der Waals surface area contributed by atoms with E-state index >= 15 is 0 Å². The average Bonchev–Trinajstić information content (AvgIpc) is 2.43. The number of hydrogen-bond acceptors (Lipinski definition) is 3. The third kappa shape index (κ3) is 1.44. The molecular formula is C7H5BrOS2. The van der Waals surface area contributed by atoms with Crippen molar-refractivity contribution in [2.24, 2.45) is 0 Å². The average molecular weight is 249 g/mol. The molecule has 0 aromatic rings. The summed E-state index contributed by atoms with van der Waals surface area (Å²) in [5.41, 5.74) is 0. The minimum absolute atomic E-state index is 0.481. The van der Waals surface area contributed by atoms with Crippen LogP contribution in [0.4, 0.5) is 0 Å². The molecule has 2 atom stereocenters. The summed E-state index contributed by atoms with van der Waals surface area (Å²) >= 11 is 6.86. The topological polar surface area (TPSA) is 17.1 Å². The van der Waals surface area contributed by atoms with Crippen LogP contribution in [-0.4, -0.2) is 16.8 Å².